The molecule has 2 fully saturated rings. The Labute approximate surface area is 144 Å². The van der Waals surface area contributed by atoms with E-state index >= 15 is 0 Å². The molecular weight excluding hydrogens is 300 g/mol. The summed E-state index contributed by atoms with van der Waals surface area (Å²) < 4.78 is 6.01. The fourth-order valence-corrected chi connectivity index (χ4v) is 4.21. The molecule has 4 rings (SSSR count). The summed E-state index contributed by atoms with van der Waals surface area (Å²) in [6.45, 7) is 6.33. The number of aryl methyl sites for hydroxylation is 1. The minimum Gasteiger partial charge on any atom is -0.491 e. The van der Waals surface area contributed by atoms with Gasteiger partial charge in [-0.2, -0.15) is 0 Å². The van der Waals surface area contributed by atoms with E-state index in [1.807, 2.05) is 25.1 Å². The topological polar surface area (TPSA) is 41.6 Å². The molecule has 1 N–H and O–H groups in total. The summed E-state index contributed by atoms with van der Waals surface area (Å²) >= 11 is 0. The number of rotatable bonds is 2. The van der Waals surface area contributed by atoms with Crippen molar-refractivity contribution >= 4 is 11.6 Å². The van der Waals surface area contributed by atoms with E-state index in [1.165, 1.54) is 19.4 Å². The van der Waals surface area contributed by atoms with Gasteiger partial charge in [0.1, 0.15) is 5.75 Å². The number of ether oxygens (including phenoxy) is 1. The third kappa shape index (κ3) is 3.75. The van der Waals surface area contributed by atoms with Crippen molar-refractivity contribution in [3.8, 4) is 5.75 Å². The third-order valence-electron chi connectivity index (χ3n) is 5.79. The lowest BCUT2D eigenvalue weighted by Gasteiger charge is -2.39. The van der Waals surface area contributed by atoms with Crippen LogP contribution in [0.2, 0.25) is 0 Å². The maximum atomic E-state index is 12.5. The van der Waals surface area contributed by atoms with Crippen molar-refractivity contribution in [2.45, 2.75) is 39.0 Å². The average Bonchev–Trinajstić information content (AvgIpc) is 3.35. The second-order valence-electron chi connectivity index (χ2n) is 7.90. The molecule has 1 aliphatic carbocycles. The van der Waals surface area contributed by atoms with Gasteiger partial charge >= 0.3 is 0 Å². The van der Waals surface area contributed by atoms with E-state index < -0.39 is 0 Å². The van der Waals surface area contributed by atoms with Crippen LogP contribution in [0.15, 0.2) is 18.2 Å². The monoisotopic (exact) mass is 328 g/mol. The Morgan fingerprint density at radius 2 is 2.08 bits per heavy atom. The fraction of sp³-hybridized carbons (Fsp3) is 0.650. The predicted octanol–water partition coefficient (Wildman–Crippen LogP) is 3.45. The molecule has 2 heterocycles. The van der Waals surface area contributed by atoms with E-state index in [4.69, 9.17) is 4.74 Å². The van der Waals surface area contributed by atoms with E-state index in [2.05, 4.69) is 10.2 Å². The van der Waals surface area contributed by atoms with Crippen molar-refractivity contribution < 1.29 is 9.53 Å². The smallest absolute Gasteiger partial charge is 0.224 e. The highest BCUT2D eigenvalue weighted by atomic mass is 16.5. The first kappa shape index (κ1) is 15.9. The number of amides is 1. The number of nitrogens with one attached hydrogen (secondary N) is 1. The Balaban J connectivity index is 1.47. The highest BCUT2D eigenvalue weighted by molar-refractivity contribution is 5.92. The Morgan fingerprint density at radius 3 is 2.92 bits per heavy atom. The molecule has 0 aromatic heterocycles. The summed E-state index contributed by atoms with van der Waals surface area (Å²) in [5.41, 5.74) is 1.96. The number of anilines is 1. The molecule has 130 valence electrons. The number of carbonyl (C=O) groups is 1. The number of nitrogens with zero attached hydrogens (tertiary/aromatic N) is 1. The molecule has 0 bridgehead atoms. The first-order chi connectivity index (χ1) is 11.7. The van der Waals surface area contributed by atoms with E-state index in [0.717, 1.165) is 55.5 Å². The van der Waals surface area contributed by atoms with E-state index in [9.17, 15) is 4.79 Å². The lowest BCUT2D eigenvalue weighted by molar-refractivity contribution is -0.118. The van der Waals surface area contributed by atoms with Gasteiger partial charge in [0.2, 0.25) is 5.91 Å². The summed E-state index contributed by atoms with van der Waals surface area (Å²) in [5.74, 6) is 2.96. The van der Waals surface area contributed by atoms with Gasteiger partial charge in [-0.1, -0.05) is 6.07 Å². The van der Waals surface area contributed by atoms with Crippen LogP contribution in [0.3, 0.4) is 0 Å². The van der Waals surface area contributed by atoms with Gasteiger partial charge in [-0.05, 0) is 74.6 Å². The molecule has 2 aliphatic heterocycles. The highest BCUT2D eigenvalue weighted by Gasteiger charge is 2.33. The van der Waals surface area contributed by atoms with Gasteiger partial charge in [0, 0.05) is 19.5 Å². The molecule has 0 radical (unpaired) electrons. The zero-order valence-corrected chi connectivity index (χ0v) is 14.6. The summed E-state index contributed by atoms with van der Waals surface area (Å²) in [6, 6.07) is 6.02. The Bertz CT molecular complexity index is 612. The molecule has 1 aromatic rings. The van der Waals surface area contributed by atoms with Gasteiger partial charge in [-0.15, -0.1) is 0 Å². The number of benzene rings is 1. The van der Waals surface area contributed by atoms with Crippen molar-refractivity contribution in [3.63, 3.8) is 0 Å². The van der Waals surface area contributed by atoms with Crippen molar-refractivity contribution in [1.29, 1.82) is 0 Å². The SMILES string of the molecule is Cc1ccc2c(c1)NC(=O)C[C@@H]1CCN(CC3CC3)C[C@@H]1CCO2. The summed E-state index contributed by atoms with van der Waals surface area (Å²) in [7, 11) is 0. The lowest BCUT2D eigenvalue weighted by Crippen LogP contribution is -2.43. The normalized spacial score (nSPS) is 28.3. The molecule has 0 spiro atoms. The van der Waals surface area contributed by atoms with Crippen molar-refractivity contribution in [1.82, 2.24) is 4.90 Å². The first-order valence-corrected chi connectivity index (χ1v) is 9.43. The molecule has 0 unspecified atom stereocenters. The van der Waals surface area contributed by atoms with E-state index in [1.54, 1.807) is 0 Å². The quantitative estimate of drug-likeness (QED) is 0.904. The molecule has 4 heteroatoms. The van der Waals surface area contributed by atoms with E-state index in [-0.39, 0.29) is 5.91 Å². The van der Waals surface area contributed by atoms with Crippen LogP contribution in [0.4, 0.5) is 5.69 Å². The van der Waals surface area contributed by atoms with Gasteiger partial charge in [0.25, 0.3) is 0 Å². The Hall–Kier alpha value is -1.55. The number of hydrogen-bond acceptors (Lipinski definition) is 3. The van der Waals surface area contributed by atoms with Crippen LogP contribution in [0, 0.1) is 24.7 Å². The fourth-order valence-electron chi connectivity index (χ4n) is 4.21. The molecule has 1 saturated heterocycles. The molecule has 3 aliphatic rings. The number of piperidine rings is 1. The van der Waals surface area contributed by atoms with Crippen molar-refractivity contribution in [2.24, 2.45) is 17.8 Å². The number of fused-ring (bicyclic) bond motifs is 2. The van der Waals surface area contributed by atoms with Crippen LogP contribution in [0.1, 0.15) is 37.7 Å². The molecule has 2 atom stereocenters. The number of hydrogen-bond donors (Lipinski definition) is 1. The molecule has 24 heavy (non-hydrogen) atoms. The highest BCUT2D eigenvalue weighted by Crippen LogP contribution is 2.36. The standard InChI is InChI=1S/C20H28N2O2/c1-14-2-5-19-18(10-14)21-20(23)11-16-6-8-22(12-15-3-4-15)13-17(16)7-9-24-19/h2,5,10,15-17H,3-4,6-9,11-13H2,1H3,(H,21,23)/t16-,17-/m0/s1. The van der Waals surface area contributed by atoms with Crippen molar-refractivity contribution in [2.75, 3.05) is 31.6 Å². The molecule has 1 saturated carbocycles. The van der Waals surface area contributed by atoms with Gasteiger partial charge < -0.3 is 15.0 Å². The van der Waals surface area contributed by atoms with Crippen LogP contribution >= 0.6 is 0 Å². The van der Waals surface area contributed by atoms with Gasteiger partial charge in [-0.3, -0.25) is 4.79 Å². The van der Waals surface area contributed by atoms with Crippen molar-refractivity contribution in [3.05, 3.63) is 23.8 Å². The van der Waals surface area contributed by atoms with Crippen LogP contribution in [-0.4, -0.2) is 37.0 Å². The first-order valence-electron chi connectivity index (χ1n) is 9.43. The molecule has 4 nitrogen and oxygen atoms in total. The lowest BCUT2D eigenvalue weighted by atomic mass is 9.81. The van der Waals surface area contributed by atoms with Gasteiger partial charge in [0.15, 0.2) is 0 Å². The van der Waals surface area contributed by atoms with Gasteiger partial charge in [-0.25, -0.2) is 0 Å². The predicted molar refractivity (Wildman–Crippen MR) is 95.3 cm³/mol. The molecule has 1 aromatic carbocycles. The van der Waals surface area contributed by atoms with Crippen LogP contribution in [0.5, 0.6) is 5.75 Å². The van der Waals surface area contributed by atoms with E-state index in [0.29, 0.717) is 18.3 Å². The van der Waals surface area contributed by atoms with Crippen LogP contribution in [0.25, 0.3) is 0 Å². The minimum absolute atomic E-state index is 0.137. The third-order valence-corrected chi connectivity index (χ3v) is 5.79. The van der Waals surface area contributed by atoms with Crippen LogP contribution in [-0.2, 0) is 4.79 Å². The maximum absolute atomic E-state index is 12.5. The molecular formula is C20H28N2O2. The van der Waals surface area contributed by atoms with Crippen LogP contribution < -0.4 is 10.1 Å². The Morgan fingerprint density at radius 1 is 1.21 bits per heavy atom. The zero-order chi connectivity index (χ0) is 16.5. The zero-order valence-electron chi connectivity index (χ0n) is 14.6. The molecule has 1 amide bonds. The minimum atomic E-state index is 0.137. The number of carbonyl (C=O) groups excluding carboxylic acids is 1. The second-order valence-corrected chi connectivity index (χ2v) is 7.90. The summed E-state index contributed by atoms with van der Waals surface area (Å²) in [4.78, 5) is 15.1. The maximum Gasteiger partial charge on any atom is 0.224 e. The number of likely N-dealkylation sites (tertiary alicyclic amines) is 1. The average molecular weight is 328 g/mol. The largest absolute Gasteiger partial charge is 0.491 e. The summed E-state index contributed by atoms with van der Waals surface area (Å²) in [6.07, 6.45) is 5.66. The van der Waals surface area contributed by atoms with Gasteiger partial charge in [0.05, 0.1) is 12.3 Å². The second kappa shape index (κ2) is 6.75. The summed E-state index contributed by atoms with van der Waals surface area (Å²) in [5, 5.41) is 3.08. The Kier molecular flexibility index (Phi) is 4.49.